The number of hydrogen-bond donors (Lipinski definition) is 1. The predicted octanol–water partition coefficient (Wildman–Crippen LogP) is 3.76. The fourth-order valence-corrected chi connectivity index (χ4v) is 3.42. The molecular formula is C22H25ClN2O3. The summed E-state index contributed by atoms with van der Waals surface area (Å²) in [4.78, 5) is 26.6. The number of carbonyl (C=O) groups excluding carboxylic acids is 2. The van der Waals surface area contributed by atoms with Crippen LogP contribution in [0.2, 0.25) is 5.02 Å². The number of ether oxygens (including phenoxy) is 1. The minimum absolute atomic E-state index is 0.000279. The first-order valence-corrected chi connectivity index (χ1v) is 9.85. The van der Waals surface area contributed by atoms with Gasteiger partial charge < -0.3 is 15.0 Å². The molecule has 148 valence electrons. The van der Waals surface area contributed by atoms with Crippen molar-refractivity contribution >= 4 is 23.4 Å². The number of hydrogen-bond acceptors (Lipinski definition) is 3. The van der Waals surface area contributed by atoms with E-state index in [-0.39, 0.29) is 24.5 Å². The molecule has 1 aliphatic heterocycles. The van der Waals surface area contributed by atoms with Gasteiger partial charge in [0.1, 0.15) is 5.75 Å². The van der Waals surface area contributed by atoms with Gasteiger partial charge in [-0.2, -0.15) is 0 Å². The molecule has 1 heterocycles. The Morgan fingerprint density at radius 1 is 1.11 bits per heavy atom. The molecule has 0 bridgehead atoms. The minimum Gasteiger partial charge on any atom is -0.483 e. The summed E-state index contributed by atoms with van der Waals surface area (Å²) in [5, 5.41) is 3.62. The number of benzene rings is 2. The van der Waals surface area contributed by atoms with E-state index >= 15 is 0 Å². The summed E-state index contributed by atoms with van der Waals surface area (Å²) in [6, 6.07) is 12.8. The third kappa shape index (κ3) is 5.04. The molecular weight excluding hydrogens is 376 g/mol. The van der Waals surface area contributed by atoms with E-state index in [9.17, 15) is 9.59 Å². The van der Waals surface area contributed by atoms with Crippen molar-refractivity contribution in [1.29, 1.82) is 0 Å². The average molecular weight is 401 g/mol. The summed E-state index contributed by atoms with van der Waals surface area (Å²) >= 11 is 5.88. The average Bonchev–Trinajstić information content (AvgIpc) is 2.70. The van der Waals surface area contributed by atoms with Gasteiger partial charge in [0.15, 0.2) is 6.61 Å². The first-order chi connectivity index (χ1) is 13.4. The molecule has 1 saturated heterocycles. The normalized spacial score (nSPS) is 14.6. The highest BCUT2D eigenvalue weighted by Crippen LogP contribution is 2.20. The van der Waals surface area contributed by atoms with Crippen molar-refractivity contribution in [2.24, 2.45) is 0 Å². The van der Waals surface area contributed by atoms with Crippen LogP contribution in [-0.2, 0) is 4.79 Å². The number of aryl methyl sites for hydroxylation is 1. The van der Waals surface area contributed by atoms with E-state index in [0.717, 1.165) is 29.7 Å². The van der Waals surface area contributed by atoms with Gasteiger partial charge in [0, 0.05) is 29.7 Å². The Labute approximate surface area is 170 Å². The van der Waals surface area contributed by atoms with Crippen molar-refractivity contribution in [3.63, 3.8) is 0 Å². The van der Waals surface area contributed by atoms with Crippen LogP contribution in [0.1, 0.15) is 34.3 Å². The molecule has 0 spiro atoms. The highest BCUT2D eigenvalue weighted by Gasteiger charge is 2.24. The first kappa shape index (κ1) is 20.2. The standard InChI is InChI=1S/C22H25ClN2O3/c1-15-4-3-5-20(16(15)2)28-14-21(26)24-19-10-12-25(13-11-19)22(27)17-6-8-18(23)9-7-17/h3-9,19H,10-14H2,1-2H3,(H,24,26). The number of rotatable bonds is 5. The SMILES string of the molecule is Cc1cccc(OCC(=O)NC2CCN(C(=O)c3ccc(Cl)cc3)CC2)c1C. The van der Waals surface area contributed by atoms with Crippen molar-refractivity contribution in [3.05, 3.63) is 64.2 Å². The van der Waals surface area contributed by atoms with Crippen LogP contribution in [0.5, 0.6) is 5.75 Å². The third-order valence-corrected chi connectivity index (χ3v) is 5.40. The summed E-state index contributed by atoms with van der Waals surface area (Å²) in [7, 11) is 0. The van der Waals surface area contributed by atoms with Gasteiger partial charge in [0.2, 0.25) is 0 Å². The molecule has 2 amide bonds. The van der Waals surface area contributed by atoms with Crippen LogP contribution in [0, 0.1) is 13.8 Å². The summed E-state index contributed by atoms with van der Waals surface area (Å²) in [6.07, 6.45) is 1.46. The highest BCUT2D eigenvalue weighted by atomic mass is 35.5. The number of amides is 2. The molecule has 0 aliphatic carbocycles. The van der Waals surface area contributed by atoms with Crippen molar-refractivity contribution < 1.29 is 14.3 Å². The Bertz CT molecular complexity index is 843. The second-order valence-electron chi connectivity index (χ2n) is 7.13. The van der Waals surface area contributed by atoms with Crippen molar-refractivity contribution in [3.8, 4) is 5.75 Å². The number of piperidine rings is 1. The Morgan fingerprint density at radius 2 is 1.79 bits per heavy atom. The third-order valence-electron chi connectivity index (χ3n) is 5.15. The highest BCUT2D eigenvalue weighted by molar-refractivity contribution is 6.30. The van der Waals surface area contributed by atoms with E-state index in [0.29, 0.717) is 23.7 Å². The van der Waals surface area contributed by atoms with Crippen molar-refractivity contribution in [1.82, 2.24) is 10.2 Å². The maximum absolute atomic E-state index is 12.5. The van der Waals surface area contributed by atoms with Crippen molar-refractivity contribution in [2.75, 3.05) is 19.7 Å². The summed E-state index contributed by atoms with van der Waals surface area (Å²) in [5.74, 6) is 0.599. The van der Waals surface area contributed by atoms with Gasteiger partial charge in [-0.15, -0.1) is 0 Å². The first-order valence-electron chi connectivity index (χ1n) is 9.47. The van der Waals surface area contributed by atoms with Crippen LogP contribution < -0.4 is 10.1 Å². The van der Waals surface area contributed by atoms with E-state index < -0.39 is 0 Å². The van der Waals surface area contributed by atoms with E-state index in [1.54, 1.807) is 24.3 Å². The second-order valence-corrected chi connectivity index (χ2v) is 7.56. The second kappa shape index (κ2) is 9.11. The van der Waals surface area contributed by atoms with Gasteiger partial charge in [0.25, 0.3) is 11.8 Å². The van der Waals surface area contributed by atoms with E-state index in [2.05, 4.69) is 5.32 Å². The smallest absolute Gasteiger partial charge is 0.258 e. The lowest BCUT2D eigenvalue weighted by Crippen LogP contribution is -2.47. The molecule has 2 aromatic rings. The van der Waals surface area contributed by atoms with Gasteiger partial charge in [-0.3, -0.25) is 9.59 Å². The van der Waals surface area contributed by atoms with Gasteiger partial charge >= 0.3 is 0 Å². The van der Waals surface area contributed by atoms with Gasteiger partial charge in [-0.25, -0.2) is 0 Å². The lowest BCUT2D eigenvalue weighted by atomic mass is 10.0. The summed E-state index contributed by atoms with van der Waals surface area (Å²) < 4.78 is 5.66. The lowest BCUT2D eigenvalue weighted by molar-refractivity contribution is -0.124. The van der Waals surface area contributed by atoms with Gasteiger partial charge in [-0.1, -0.05) is 23.7 Å². The molecule has 6 heteroatoms. The number of halogens is 1. The molecule has 0 unspecified atom stereocenters. The zero-order valence-corrected chi connectivity index (χ0v) is 17.0. The number of nitrogens with zero attached hydrogens (tertiary/aromatic N) is 1. The van der Waals surface area contributed by atoms with E-state index in [1.165, 1.54) is 0 Å². The summed E-state index contributed by atoms with van der Waals surface area (Å²) in [5.41, 5.74) is 2.81. The monoisotopic (exact) mass is 400 g/mol. The van der Waals surface area contributed by atoms with Gasteiger partial charge in [0.05, 0.1) is 0 Å². The summed E-state index contributed by atoms with van der Waals surface area (Å²) in [6.45, 7) is 5.22. The Hall–Kier alpha value is -2.53. The molecule has 28 heavy (non-hydrogen) atoms. The van der Waals surface area contributed by atoms with E-state index in [4.69, 9.17) is 16.3 Å². The zero-order valence-electron chi connectivity index (χ0n) is 16.2. The Morgan fingerprint density at radius 3 is 2.46 bits per heavy atom. The number of carbonyl (C=O) groups is 2. The van der Waals surface area contributed by atoms with Crippen molar-refractivity contribution in [2.45, 2.75) is 32.7 Å². The quantitative estimate of drug-likeness (QED) is 0.831. The molecule has 1 N–H and O–H groups in total. The fourth-order valence-electron chi connectivity index (χ4n) is 3.30. The number of nitrogens with one attached hydrogen (secondary N) is 1. The van der Waals surface area contributed by atoms with Crippen LogP contribution in [0.25, 0.3) is 0 Å². The van der Waals surface area contributed by atoms with E-state index in [1.807, 2.05) is 36.9 Å². The molecule has 0 atom stereocenters. The van der Waals surface area contributed by atoms with Crippen LogP contribution in [0.3, 0.4) is 0 Å². The topological polar surface area (TPSA) is 58.6 Å². The molecule has 5 nitrogen and oxygen atoms in total. The van der Waals surface area contributed by atoms with Crippen LogP contribution in [0.15, 0.2) is 42.5 Å². The maximum atomic E-state index is 12.5. The largest absolute Gasteiger partial charge is 0.483 e. The van der Waals surface area contributed by atoms with Gasteiger partial charge in [-0.05, 0) is 68.1 Å². The number of likely N-dealkylation sites (tertiary alicyclic amines) is 1. The maximum Gasteiger partial charge on any atom is 0.258 e. The molecule has 0 aromatic heterocycles. The fraction of sp³-hybridized carbons (Fsp3) is 0.364. The molecule has 1 aliphatic rings. The van der Waals surface area contributed by atoms with Crippen LogP contribution in [0.4, 0.5) is 0 Å². The Balaban J connectivity index is 1.44. The van der Waals surface area contributed by atoms with Crippen LogP contribution in [-0.4, -0.2) is 42.5 Å². The molecule has 1 fully saturated rings. The minimum atomic E-state index is -0.136. The lowest BCUT2D eigenvalue weighted by Gasteiger charge is -2.32. The zero-order chi connectivity index (χ0) is 20.1. The molecule has 0 radical (unpaired) electrons. The molecule has 3 rings (SSSR count). The Kier molecular flexibility index (Phi) is 6.57. The molecule has 2 aromatic carbocycles. The predicted molar refractivity (Wildman–Crippen MR) is 110 cm³/mol. The molecule has 0 saturated carbocycles. The van der Waals surface area contributed by atoms with Crippen LogP contribution >= 0.6 is 11.6 Å².